The number of unbranched alkanes of at least 4 members (excludes halogenated alkanes) is 4. The fourth-order valence-electron chi connectivity index (χ4n) is 3.22. The quantitative estimate of drug-likeness (QED) is 0.227. The van der Waals surface area contributed by atoms with Gasteiger partial charge in [-0.15, -0.1) is 0 Å². The molecule has 0 aliphatic heterocycles. The third-order valence-corrected chi connectivity index (χ3v) is 5.10. The maximum Gasteiger partial charge on any atom is 0.340 e. The molecule has 34 heavy (non-hydrogen) atoms. The number of rotatable bonds is 15. The van der Waals surface area contributed by atoms with E-state index in [1.54, 1.807) is 60.7 Å². The summed E-state index contributed by atoms with van der Waals surface area (Å²) in [6.07, 6.45) is 4.30. The molecule has 8 nitrogen and oxygen atoms in total. The molecular formula is C26H30O8. The summed E-state index contributed by atoms with van der Waals surface area (Å²) in [7, 11) is 0. The summed E-state index contributed by atoms with van der Waals surface area (Å²) in [5.41, 5.74) is 0.722. The van der Waals surface area contributed by atoms with Crippen molar-refractivity contribution in [1.29, 1.82) is 0 Å². The molecule has 0 bridgehead atoms. The molecule has 2 rings (SSSR count). The van der Waals surface area contributed by atoms with Gasteiger partial charge < -0.3 is 19.3 Å². The van der Waals surface area contributed by atoms with Gasteiger partial charge in [-0.2, -0.15) is 0 Å². The van der Waals surface area contributed by atoms with Crippen molar-refractivity contribution >= 4 is 23.9 Å². The first-order valence-electron chi connectivity index (χ1n) is 11.3. The highest BCUT2D eigenvalue weighted by Gasteiger charge is 2.23. The minimum Gasteiger partial charge on any atom is -0.481 e. The SMILES string of the molecule is O=C(O)CCCCCCCC(COC(=O)c1ccccc1)C(=O)OCOC(=O)c1ccccc1. The molecular weight excluding hydrogens is 440 g/mol. The number of carboxylic acid groups (broad SMARTS) is 1. The van der Waals surface area contributed by atoms with E-state index in [2.05, 4.69) is 0 Å². The Morgan fingerprint density at radius 2 is 1.21 bits per heavy atom. The summed E-state index contributed by atoms with van der Waals surface area (Å²) in [4.78, 5) is 47.4. The minimum absolute atomic E-state index is 0.145. The molecule has 0 aromatic heterocycles. The summed E-state index contributed by atoms with van der Waals surface area (Å²) >= 11 is 0. The van der Waals surface area contributed by atoms with Crippen LogP contribution in [0, 0.1) is 5.92 Å². The van der Waals surface area contributed by atoms with Crippen molar-refractivity contribution < 1.29 is 38.5 Å². The van der Waals surface area contributed by atoms with E-state index in [4.69, 9.17) is 19.3 Å². The smallest absolute Gasteiger partial charge is 0.340 e. The number of benzene rings is 2. The van der Waals surface area contributed by atoms with Crippen molar-refractivity contribution in [2.24, 2.45) is 5.92 Å². The van der Waals surface area contributed by atoms with Gasteiger partial charge in [-0.1, -0.05) is 62.1 Å². The van der Waals surface area contributed by atoms with Crippen LogP contribution >= 0.6 is 0 Å². The molecule has 0 aliphatic rings. The van der Waals surface area contributed by atoms with E-state index in [-0.39, 0.29) is 13.0 Å². The highest BCUT2D eigenvalue weighted by atomic mass is 16.7. The number of ether oxygens (including phenoxy) is 3. The molecule has 0 fully saturated rings. The average molecular weight is 471 g/mol. The third-order valence-electron chi connectivity index (χ3n) is 5.10. The van der Waals surface area contributed by atoms with E-state index >= 15 is 0 Å². The number of carboxylic acids is 1. The van der Waals surface area contributed by atoms with Gasteiger partial charge in [0.15, 0.2) is 0 Å². The lowest BCUT2D eigenvalue weighted by Gasteiger charge is -2.16. The van der Waals surface area contributed by atoms with E-state index in [1.165, 1.54) is 0 Å². The Labute approximate surface area is 198 Å². The van der Waals surface area contributed by atoms with E-state index in [0.29, 0.717) is 30.4 Å². The highest BCUT2D eigenvalue weighted by Crippen LogP contribution is 2.16. The molecule has 1 N–H and O–H groups in total. The zero-order valence-corrected chi connectivity index (χ0v) is 19.0. The first kappa shape index (κ1) is 26.6. The van der Waals surface area contributed by atoms with Gasteiger partial charge in [0.05, 0.1) is 17.0 Å². The van der Waals surface area contributed by atoms with Crippen molar-refractivity contribution in [3.8, 4) is 0 Å². The molecule has 182 valence electrons. The Morgan fingerprint density at radius 1 is 0.676 bits per heavy atom. The van der Waals surface area contributed by atoms with Crippen molar-refractivity contribution in [1.82, 2.24) is 0 Å². The van der Waals surface area contributed by atoms with Crippen LogP contribution in [0.4, 0.5) is 0 Å². The van der Waals surface area contributed by atoms with E-state index in [0.717, 1.165) is 19.3 Å². The lowest BCUT2D eigenvalue weighted by Crippen LogP contribution is -2.26. The predicted octanol–water partition coefficient (Wildman–Crippen LogP) is 4.63. The fraction of sp³-hybridized carbons (Fsp3) is 0.385. The summed E-state index contributed by atoms with van der Waals surface area (Å²) in [5.74, 6) is -3.28. The van der Waals surface area contributed by atoms with Gasteiger partial charge in [-0.25, -0.2) is 9.59 Å². The average Bonchev–Trinajstić information content (AvgIpc) is 2.85. The molecule has 0 saturated carbocycles. The molecule has 1 unspecified atom stereocenters. The van der Waals surface area contributed by atoms with E-state index < -0.39 is 36.6 Å². The first-order chi connectivity index (χ1) is 16.5. The van der Waals surface area contributed by atoms with Crippen molar-refractivity contribution in [3.63, 3.8) is 0 Å². The molecule has 0 aliphatic carbocycles. The van der Waals surface area contributed by atoms with Gasteiger partial charge in [-0.3, -0.25) is 9.59 Å². The molecule has 1 atom stereocenters. The third kappa shape index (κ3) is 10.3. The van der Waals surface area contributed by atoms with Gasteiger partial charge in [0, 0.05) is 6.42 Å². The van der Waals surface area contributed by atoms with Crippen LogP contribution in [0.1, 0.15) is 65.7 Å². The number of hydrogen-bond donors (Lipinski definition) is 1. The molecule has 0 amide bonds. The Hall–Kier alpha value is -3.68. The number of aliphatic carboxylic acids is 1. The van der Waals surface area contributed by atoms with Crippen molar-refractivity contribution in [3.05, 3.63) is 71.8 Å². The largest absolute Gasteiger partial charge is 0.481 e. The summed E-state index contributed by atoms with van der Waals surface area (Å²) in [6, 6.07) is 16.8. The van der Waals surface area contributed by atoms with Crippen LogP contribution in [0.5, 0.6) is 0 Å². The van der Waals surface area contributed by atoms with Gasteiger partial charge in [0.2, 0.25) is 6.79 Å². The lowest BCUT2D eigenvalue weighted by atomic mass is 10.0. The Bertz CT molecular complexity index is 911. The molecule has 0 spiro atoms. The van der Waals surface area contributed by atoms with Crippen LogP contribution in [-0.2, 0) is 23.8 Å². The summed E-state index contributed by atoms with van der Waals surface area (Å²) < 4.78 is 15.4. The number of carbonyl (C=O) groups is 4. The molecule has 0 radical (unpaired) electrons. The maximum atomic E-state index is 12.6. The predicted molar refractivity (Wildman–Crippen MR) is 123 cm³/mol. The summed E-state index contributed by atoms with van der Waals surface area (Å²) in [6.45, 7) is -0.691. The van der Waals surface area contributed by atoms with E-state index in [1.807, 2.05) is 0 Å². The van der Waals surface area contributed by atoms with Crippen molar-refractivity contribution in [2.45, 2.75) is 44.9 Å². The monoisotopic (exact) mass is 470 g/mol. The lowest BCUT2D eigenvalue weighted by molar-refractivity contribution is -0.158. The van der Waals surface area contributed by atoms with Gasteiger partial charge in [0.25, 0.3) is 0 Å². The Morgan fingerprint density at radius 3 is 1.79 bits per heavy atom. The normalized spacial score (nSPS) is 11.3. The number of hydrogen-bond acceptors (Lipinski definition) is 7. The zero-order valence-electron chi connectivity index (χ0n) is 19.0. The Kier molecular flexibility index (Phi) is 11.9. The Balaban J connectivity index is 1.81. The second kappa shape index (κ2) is 15.2. The summed E-state index contributed by atoms with van der Waals surface area (Å²) in [5, 5.41) is 8.68. The van der Waals surface area contributed by atoms with Gasteiger partial charge >= 0.3 is 23.9 Å². The van der Waals surface area contributed by atoms with Gasteiger partial charge in [0.1, 0.15) is 6.61 Å². The zero-order chi connectivity index (χ0) is 24.6. The highest BCUT2D eigenvalue weighted by molar-refractivity contribution is 5.90. The number of esters is 3. The minimum atomic E-state index is -0.809. The molecule has 0 heterocycles. The van der Waals surface area contributed by atoms with Gasteiger partial charge in [-0.05, 0) is 37.1 Å². The van der Waals surface area contributed by atoms with Crippen LogP contribution in [0.15, 0.2) is 60.7 Å². The molecule has 2 aromatic rings. The molecule has 0 saturated heterocycles. The second-order valence-corrected chi connectivity index (χ2v) is 7.74. The fourth-order valence-corrected chi connectivity index (χ4v) is 3.22. The number of carbonyl (C=O) groups excluding carboxylic acids is 3. The first-order valence-corrected chi connectivity index (χ1v) is 11.3. The van der Waals surface area contributed by atoms with E-state index in [9.17, 15) is 19.2 Å². The standard InChI is InChI=1S/C26H30O8/c27-23(28)17-11-3-1-2-6-16-22(18-32-24(29)20-12-7-4-8-13-20)26(31)34-19-33-25(30)21-14-9-5-10-15-21/h4-5,7-10,12-15,22H,1-3,6,11,16-19H2,(H,27,28). The van der Waals surface area contributed by atoms with Crippen LogP contribution in [-0.4, -0.2) is 42.4 Å². The molecule has 8 heteroatoms. The second-order valence-electron chi connectivity index (χ2n) is 7.74. The van der Waals surface area contributed by atoms with Crippen LogP contribution in [0.2, 0.25) is 0 Å². The van der Waals surface area contributed by atoms with Crippen LogP contribution < -0.4 is 0 Å². The van der Waals surface area contributed by atoms with Crippen molar-refractivity contribution in [2.75, 3.05) is 13.4 Å². The molecule has 2 aromatic carbocycles. The van der Waals surface area contributed by atoms with Crippen LogP contribution in [0.3, 0.4) is 0 Å². The topological polar surface area (TPSA) is 116 Å². The maximum absolute atomic E-state index is 12.6. The van der Waals surface area contributed by atoms with Crippen LogP contribution in [0.25, 0.3) is 0 Å².